The fourth-order valence-corrected chi connectivity index (χ4v) is 2.68. The Kier molecular flexibility index (Phi) is 4.60. The highest BCUT2D eigenvalue weighted by molar-refractivity contribution is 7.87. The Morgan fingerprint density at radius 1 is 0.760 bits per heavy atom. The van der Waals surface area contributed by atoms with Crippen LogP contribution in [0.4, 0.5) is 17.1 Å². The first-order chi connectivity index (χ1) is 11.6. The van der Waals surface area contributed by atoms with Gasteiger partial charge in [-0.15, -0.1) is 0 Å². The van der Waals surface area contributed by atoms with Gasteiger partial charge in [-0.05, 0) is 18.2 Å². The Labute approximate surface area is 138 Å². The topological polar surface area (TPSA) is 173 Å². The van der Waals surface area contributed by atoms with Crippen LogP contribution in [-0.2, 0) is 10.1 Å². The smallest absolute Gasteiger partial charge is 0.339 e. The maximum atomic E-state index is 12.1. The van der Waals surface area contributed by atoms with Crippen LogP contribution >= 0.6 is 0 Å². The van der Waals surface area contributed by atoms with Gasteiger partial charge in [-0.1, -0.05) is 0 Å². The Bertz CT molecular complexity index is 970. The molecule has 0 aromatic heterocycles. The first-order valence-corrected chi connectivity index (χ1v) is 7.64. The minimum Gasteiger partial charge on any atom is -0.372 e. The summed E-state index contributed by atoms with van der Waals surface area (Å²) < 4.78 is 28.9. The second-order valence-electron chi connectivity index (χ2n) is 4.45. The molecule has 0 heterocycles. The van der Waals surface area contributed by atoms with Crippen LogP contribution in [0.15, 0.2) is 47.4 Å². The fraction of sp³-hybridized carbons (Fsp3) is 0. The summed E-state index contributed by atoms with van der Waals surface area (Å²) in [7, 11) is -4.54. The van der Waals surface area contributed by atoms with Crippen molar-refractivity contribution in [3.05, 3.63) is 72.8 Å². The van der Waals surface area contributed by atoms with Crippen molar-refractivity contribution in [1.82, 2.24) is 0 Å². The fourth-order valence-electron chi connectivity index (χ4n) is 1.73. The van der Waals surface area contributed by atoms with E-state index in [1.165, 1.54) is 0 Å². The number of nitro groups is 3. The Balaban J connectivity index is 2.41. The molecule has 12 nitrogen and oxygen atoms in total. The van der Waals surface area contributed by atoms with Crippen molar-refractivity contribution in [2.24, 2.45) is 0 Å². The first kappa shape index (κ1) is 17.7. The molecule has 0 amide bonds. The van der Waals surface area contributed by atoms with E-state index in [0.717, 1.165) is 36.4 Å². The third-order valence-corrected chi connectivity index (χ3v) is 4.13. The average molecular weight is 369 g/mol. The van der Waals surface area contributed by atoms with E-state index in [4.69, 9.17) is 0 Å². The molecule has 0 saturated carbocycles. The molecule has 0 saturated heterocycles. The van der Waals surface area contributed by atoms with E-state index in [0.29, 0.717) is 6.07 Å². The molecule has 25 heavy (non-hydrogen) atoms. The molecule has 0 atom stereocenters. The van der Waals surface area contributed by atoms with Gasteiger partial charge < -0.3 is 4.18 Å². The molecule has 0 N–H and O–H groups in total. The highest BCUT2D eigenvalue weighted by Crippen LogP contribution is 2.33. The Hall–Kier alpha value is -3.61. The van der Waals surface area contributed by atoms with Gasteiger partial charge in [-0.2, -0.15) is 8.42 Å². The van der Waals surface area contributed by atoms with Crippen molar-refractivity contribution < 1.29 is 27.4 Å². The number of nitro benzene ring substituents is 3. The van der Waals surface area contributed by atoms with E-state index >= 15 is 0 Å². The maximum Gasteiger partial charge on any atom is 0.339 e. The number of nitrogens with zero attached hydrogens (tertiary/aromatic N) is 3. The lowest BCUT2D eigenvalue weighted by Crippen LogP contribution is -2.11. The monoisotopic (exact) mass is 369 g/mol. The second kappa shape index (κ2) is 6.48. The van der Waals surface area contributed by atoms with Crippen LogP contribution in [0.25, 0.3) is 0 Å². The summed E-state index contributed by atoms with van der Waals surface area (Å²) >= 11 is 0. The van der Waals surface area contributed by atoms with Crippen LogP contribution in [0.5, 0.6) is 5.75 Å². The molecule has 0 aliphatic rings. The molecule has 2 rings (SSSR count). The van der Waals surface area contributed by atoms with E-state index in [2.05, 4.69) is 4.18 Å². The quantitative estimate of drug-likeness (QED) is 0.420. The van der Waals surface area contributed by atoms with Gasteiger partial charge in [-0.3, -0.25) is 30.3 Å². The van der Waals surface area contributed by atoms with Gasteiger partial charge in [0.2, 0.25) is 5.75 Å². The Morgan fingerprint density at radius 2 is 1.28 bits per heavy atom. The van der Waals surface area contributed by atoms with E-state index in [1.54, 1.807) is 0 Å². The van der Waals surface area contributed by atoms with Gasteiger partial charge in [0.15, 0.2) is 0 Å². The third kappa shape index (κ3) is 3.84. The predicted octanol–water partition coefficient (Wildman–Crippen LogP) is 2.18. The van der Waals surface area contributed by atoms with Gasteiger partial charge in [0.25, 0.3) is 11.4 Å². The van der Waals surface area contributed by atoms with Crippen molar-refractivity contribution in [2.45, 2.75) is 4.90 Å². The van der Waals surface area contributed by atoms with Crippen molar-refractivity contribution >= 4 is 27.2 Å². The van der Waals surface area contributed by atoms with Crippen LogP contribution in [0, 0.1) is 30.3 Å². The Morgan fingerprint density at radius 3 is 1.76 bits per heavy atom. The predicted molar refractivity (Wildman–Crippen MR) is 80.7 cm³/mol. The zero-order valence-corrected chi connectivity index (χ0v) is 12.8. The normalized spacial score (nSPS) is 10.9. The molecule has 0 unspecified atom stereocenters. The summed E-state index contributed by atoms with van der Waals surface area (Å²) in [6.45, 7) is 0. The maximum absolute atomic E-state index is 12.1. The molecular weight excluding hydrogens is 362 g/mol. The van der Waals surface area contributed by atoms with Crippen molar-refractivity contribution in [3.63, 3.8) is 0 Å². The van der Waals surface area contributed by atoms with E-state index in [1.807, 2.05) is 0 Å². The van der Waals surface area contributed by atoms with Crippen molar-refractivity contribution in [3.8, 4) is 5.75 Å². The second-order valence-corrected chi connectivity index (χ2v) is 6.00. The molecule has 2 aromatic rings. The molecule has 0 bridgehead atoms. The van der Waals surface area contributed by atoms with Gasteiger partial charge in [-0.25, -0.2) is 0 Å². The molecule has 0 aliphatic heterocycles. The lowest BCUT2D eigenvalue weighted by Gasteiger charge is -2.07. The van der Waals surface area contributed by atoms with Gasteiger partial charge in [0, 0.05) is 18.2 Å². The van der Waals surface area contributed by atoms with Crippen molar-refractivity contribution in [1.29, 1.82) is 0 Å². The zero-order valence-electron chi connectivity index (χ0n) is 12.0. The zero-order chi connectivity index (χ0) is 18.8. The summed E-state index contributed by atoms with van der Waals surface area (Å²) in [5, 5.41) is 32.2. The number of non-ortho nitro benzene ring substituents is 2. The number of rotatable bonds is 6. The molecule has 0 aliphatic carbocycles. The summed E-state index contributed by atoms with van der Waals surface area (Å²) in [5.74, 6) is -0.728. The SMILES string of the molecule is O=[N+]([O-])c1ccc(S(=O)(=O)Oc2ccc([N+](=O)[O-])cc2[N+](=O)[O-])cc1. The highest BCUT2D eigenvalue weighted by atomic mass is 32.2. The lowest BCUT2D eigenvalue weighted by atomic mass is 10.2. The number of hydrogen-bond donors (Lipinski definition) is 0. The van der Waals surface area contributed by atoms with Crippen LogP contribution in [0.1, 0.15) is 0 Å². The molecule has 0 spiro atoms. The van der Waals surface area contributed by atoms with E-state index in [-0.39, 0.29) is 5.69 Å². The van der Waals surface area contributed by atoms with Crippen LogP contribution < -0.4 is 4.18 Å². The summed E-state index contributed by atoms with van der Waals surface area (Å²) in [6, 6.07) is 5.80. The summed E-state index contributed by atoms with van der Waals surface area (Å²) in [5.41, 5.74) is -1.90. The summed E-state index contributed by atoms with van der Waals surface area (Å²) in [4.78, 5) is 29.0. The van der Waals surface area contributed by atoms with E-state index < -0.39 is 46.9 Å². The molecule has 130 valence electrons. The minimum absolute atomic E-state index is 0.361. The number of benzene rings is 2. The van der Waals surface area contributed by atoms with Crippen LogP contribution in [0.2, 0.25) is 0 Å². The summed E-state index contributed by atoms with van der Waals surface area (Å²) in [6.07, 6.45) is 0. The lowest BCUT2D eigenvalue weighted by molar-refractivity contribution is -0.394. The third-order valence-electron chi connectivity index (χ3n) is 2.89. The highest BCUT2D eigenvalue weighted by Gasteiger charge is 2.26. The van der Waals surface area contributed by atoms with Crippen LogP contribution in [-0.4, -0.2) is 23.2 Å². The van der Waals surface area contributed by atoms with Crippen LogP contribution in [0.3, 0.4) is 0 Å². The minimum atomic E-state index is -4.54. The van der Waals surface area contributed by atoms with Gasteiger partial charge in [0.05, 0.1) is 20.8 Å². The molecule has 2 aromatic carbocycles. The van der Waals surface area contributed by atoms with E-state index in [9.17, 15) is 38.8 Å². The number of hydrogen-bond acceptors (Lipinski definition) is 9. The molecule has 0 fully saturated rings. The van der Waals surface area contributed by atoms with Gasteiger partial charge >= 0.3 is 15.8 Å². The largest absolute Gasteiger partial charge is 0.372 e. The van der Waals surface area contributed by atoms with Gasteiger partial charge in [0.1, 0.15) is 4.90 Å². The standard InChI is InChI=1S/C12H7N3O9S/c16-13(17)8-1-4-10(5-2-8)25(22,23)24-12-6-3-9(14(18)19)7-11(12)15(20)21/h1-7H. The molecule has 0 radical (unpaired) electrons. The molecule has 13 heteroatoms. The molecular formula is C12H7N3O9S. The van der Waals surface area contributed by atoms with Crippen molar-refractivity contribution in [2.75, 3.05) is 0 Å². The average Bonchev–Trinajstić information content (AvgIpc) is 2.54. The first-order valence-electron chi connectivity index (χ1n) is 6.23.